The molecule has 1 saturated heterocycles. The van der Waals surface area contributed by atoms with Crippen LogP contribution in [0.4, 0.5) is 4.79 Å². The number of nitrogens with one attached hydrogen (secondary N) is 1. The molecule has 0 saturated carbocycles. The van der Waals surface area contributed by atoms with Crippen molar-refractivity contribution in [3.05, 3.63) is 59.7 Å². The summed E-state index contributed by atoms with van der Waals surface area (Å²) in [5.41, 5.74) is 0.813. The molecular weight excluding hydrogens is 370 g/mol. The summed E-state index contributed by atoms with van der Waals surface area (Å²) in [6, 6.07) is 14.6. The van der Waals surface area contributed by atoms with Gasteiger partial charge >= 0.3 is 6.03 Å². The third kappa shape index (κ3) is 4.56. The maximum absolute atomic E-state index is 12.8. The SMILES string of the molecule is CCOc1cc(/C=N\N2C(=O)N[C@](C)(CCc3ccccc3)C2=O)ccc1OC. The van der Waals surface area contributed by atoms with E-state index in [0.29, 0.717) is 36.5 Å². The molecule has 0 aromatic heterocycles. The Morgan fingerprint density at radius 3 is 2.59 bits per heavy atom. The predicted octanol–water partition coefficient (Wildman–Crippen LogP) is 3.37. The van der Waals surface area contributed by atoms with Crippen molar-refractivity contribution in [2.75, 3.05) is 13.7 Å². The summed E-state index contributed by atoms with van der Waals surface area (Å²) < 4.78 is 10.8. The van der Waals surface area contributed by atoms with Gasteiger partial charge in [0.05, 0.1) is 19.9 Å². The second-order valence-electron chi connectivity index (χ2n) is 6.95. The molecule has 1 heterocycles. The second kappa shape index (κ2) is 8.77. The van der Waals surface area contributed by atoms with Crippen LogP contribution in [0.25, 0.3) is 0 Å². The Balaban J connectivity index is 1.72. The number of benzene rings is 2. The average molecular weight is 395 g/mol. The van der Waals surface area contributed by atoms with Gasteiger partial charge < -0.3 is 14.8 Å². The zero-order valence-corrected chi connectivity index (χ0v) is 16.8. The summed E-state index contributed by atoms with van der Waals surface area (Å²) >= 11 is 0. The lowest BCUT2D eigenvalue weighted by molar-refractivity contribution is -0.130. The van der Waals surface area contributed by atoms with E-state index in [-0.39, 0.29) is 5.91 Å². The number of rotatable bonds is 8. The molecular formula is C22H25N3O4. The van der Waals surface area contributed by atoms with Crippen LogP contribution in [0.1, 0.15) is 31.4 Å². The number of hydrazone groups is 1. The minimum absolute atomic E-state index is 0.367. The Labute approximate surface area is 170 Å². The van der Waals surface area contributed by atoms with Crippen molar-refractivity contribution in [1.29, 1.82) is 0 Å². The van der Waals surface area contributed by atoms with E-state index in [1.54, 1.807) is 32.2 Å². The maximum atomic E-state index is 12.8. The summed E-state index contributed by atoms with van der Waals surface area (Å²) in [7, 11) is 1.56. The number of amides is 3. The molecule has 3 amide bonds. The first-order valence-electron chi connectivity index (χ1n) is 9.52. The van der Waals surface area contributed by atoms with Gasteiger partial charge in [-0.05, 0) is 56.0 Å². The summed E-state index contributed by atoms with van der Waals surface area (Å²) in [5.74, 6) is 0.810. The molecule has 0 aliphatic carbocycles. The summed E-state index contributed by atoms with van der Waals surface area (Å²) in [4.78, 5) is 25.2. The van der Waals surface area contributed by atoms with Gasteiger partial charge in [-0.2, -0.15) is 5.10 Å². The number of nitrogens with zero attached hydrogens (tertiary/aromatic N) is 2. The zero-order valence-electron chi connectivity index (χ0n) is 16.8. The molecule has 152 valence electrons. The molecule has 2 aromatic carbocycles. The van der Waals surface area contributed by atoms with Gasteiger partial charge in [0, 0.05) is 0 Å². The molecule has 0 radical (unpaired) electrons. The predicted molar refractivity (Wildman–Crippen MR) is 110 cm³/mol. The van der Waals surface area contributed by atoms with Gasteiger partial charge in [-0.25, -0.2) is 4.79 Å². The molecule has 3 rings (SSSR count). The minimum atomic E-state index is -0.985. The second-order valence-corrected chi connectivity index (χ2v) is 6.95. The normalized spacial score (nSPS) is 18.9. The number of hydrogen-bond acceptors (Lipinski definition) is 5. The van der Waals surface area contributed by atoms with E-state index in [1.165, 1.54) is 6.21 Å². The number of aryl methyl sites for hydroxylation is 1. The lowest BCUT2D eigenvalue weighted by atomic mass is 9.93. The van der Waals surface area contributed by atoms with E-state index in [2.05, 4.69) is 10.4 Å². The fourth-order valence-corrected chi connectivity index (χ4v) is 3.15. The molecule has 0 unspecified atom stereocenters. The van der Waals surface area contributed by atoms with E-state index in [4.69, 9.17) is 9.47 Å². The Morgan fingerprint density at radius 2 is 1.90 bits per heavy atom. The van der Waals surface area contributed by atoms with Crippen molar-refractivity contribution >= 4 is 18.2 Å². The van der Waals surface area contributed by atoms with Crippen LogP contribution in [0.2, 0.25) is 0 Å². The van der Waals surface area contributed by atoms with Gasteiger partial charge in [-0.3, -0.25) is 4.79 Å². The van der Waals surface area contributed by atoms with E-state index in [0.717, 1.165) is 10.6 Å². The smallest absolute Gasteiger partial charge is 0.346 e. The lowest BCUT2D eigenvalue weighted by Gasteiger charge is -2.20. The molecule has 1 fully saturated rings. The van der Waals surface area contributed by atoms with Crippen LogP contribution in [0.5, 0.6) is 11.5 Å². The number of carbonyl (C=O) groups excluding carboxylic acids is 2. The van der Waals surface area contributed by atoms with Crippen LogP contribution in [-0.4, -0.2) is 42.4 Å². The van der Waals surface area contributed by atoms with Crippen molar-refractivity contribution < 1.29 is 19.1 Å². The van der Waals surface area contributed by atoms with Gasteiger partial charge in [0.1, 0.15) is 5.54 Å². The number of methoxy groups -OCH3 is 1. The Hall–Kier alpha value is -3.35. The van der Waals surface area contributed by atoms with E-state index in [9.17, 15) is 9.59 Å². The summed E-state index contributed by atoms with van der Waals surface area (Å²) in [6.07, 6.45) is 2.63. The molecule has 29 heavy (non-hydrogen) atoms. The highest BCUT2D eigenvalue weighted by Gasteiger charge is 2.47. The molecule has 0 bridgehead atoms. The Bertz CT molecular complexity index is 914. The molecule has 7 nitrogen and oxygen atoms in total. The van der Waals surface area contributed by atoms with Gasteiger partial charge in [0.25, 0.3) is 5.91 Å². The molecule has 1 aliphatic rings. The lowest BCUT2D eigenvalue weighted by Crippen LogP contribution is -2.44. The number of hydrogen-bond donors (Lipinski definition) is 1. The van der Waals surface area contributed by atoms with Crippen molar-refractivity contribution in [1.82, 2.24) is 10.3 Å². The van der Waals surface area contributed by atoms with Gasteiger partial charge in [-0.1, -0.05) is 30.3 Å². The van der Waals surface area contributed by atoms with Gasteiger partial charge in [0.15, 0.2) is 11.5 Å². The van der Waals surface area contributed by atoms with Crippen molar-refractivity contribution in [3.8, 4) is 11.5 Å². The van der Waals surface area contributed by atoms with Crippen LogP contribution in [0.3, 0.4) is 0 Å². The minimum Gasteiger partial charge on any atom is -0.493 e. The average Bonchev–Trinajstić information content (AvgIpc) is 2.94. The third-order valence-electron chi connectivity index (χ3n) is 4.81. The Kier molecular flexibility index (Phi) is 6.16. The molecule has 2 aromatic rings. The zero-order chi connectivity index (χ0) is 20.9. The standard InChI is InChI=1S/C22H25N3O4/c1-4-29-19-14-17(10-11-18(19)28-3)15-23-25-20(26)22(2,24-21(25)27)13-12-16-8-6-5-7-9-16/h5-11,14-15H,4,12-13H2,1-3H3,(H,24,27)/b23-15-/t22-/m1/s1. The molecule has 0 spiro atoms. The molecule has 7 heteroatoms. The van der Waals surface area contributed by atoms with Crippen LogP contribution in [0.15, 0.2) is 53.6 Å². The highest BCUT2D eigenvalue weighted by atomic mass is 16.5. The first-order chi connectivity index (χ1) is 14.0. The molecule has 1 atom stereocenters. The topological polar surface area (TPSA) is 80.2 Å². The summed E-state index contributed by atoms with van der Waals surface area (Å²) in [6.45, 7) is 4.10. The van der Waals surface area contributed by atoms with Crippen LogP contribution < -0.4 is 14.8 Å². The molecule has 1 N–H and O–H groups in total. The first kappa shape index (κ1) is 20.4. The van der Waals surface area contributed by atoms with E-state index < -0.39 is 11.6 Å². The van der Waals surface area contributed by atoms with Crippen molar-refractivity contribution in [2.24, 2.45) is 5.10 Å². The highest BCUT2D eigenvalue weighted by Crippen LogP contribution is 2.28. The quantitative estimate of drug-likeness (QED) is 0.549. The fraction of sp³-hybridized carbons (Fsp3) is 0.318. The molecule has 1 aliphatic heterocycles. The number of carbonyl (C=O) groups is 2. The summed E-state index contributed by atoms with van der Waals surface area (Å²) in [5, 5.41) is 7.76. The van der Waals surface area contributed by atoms with Crippen LogP contribution in [0, 0.1) is 0 Å². The van der Waals surface area contributed by atoms with E-state index >= 15 is 0 Å². The van der Waals surface area contributed by atoms with Gasteiger partial charge in [-0.15, -0.1) is 5.01 Å². The third-order valence-corrected chi connectivity index (χ3v) is 4.81. The largest absolute Gasteiger partial charge is 0.493 e. The number of imide groups is 1. The fourth-order valence-electron chi connectivity index (χ4n) is 3.15. The van der Waals surface area contributed by atoms with Gasteiger partial charge in [0.2, 0.25) is 0 Å². The number of urea groups is 1. The Morgan fingerprint density at radius 1 is 1.14 bits per heavy atom. The van der Waals surface area contributed by atoms with Crippen molar-refractivity contribution in [3.63, 3.8) is 0 Å². The maximum Gasteiger partial charge on any atom is 0.346 e. The van der Waals surface area contributed by atoms with Crippen LogP contribution in [-0.2, 0) is 11.2 Å². The highest BCUT2D eigenvalue weighted by molar-refractivity contribution is 6.07. The monoisotopic (exact) mass is 395 g/mol. The van der Waals surface area contributed by atoms with Crippen molar-refractivity contribution in [2.45, 2.75) is 32.2 Å². The van der Waals surface area contributed by atoms with Crippen LogP contribution >= 0.6 is 0 Å². The number of ether oxygens (including phenoxy) is 2. The van der Waals surface area contributed by atoms with E-state index in [1.807, 2.05) is 37.3 Å². The first-order valence-corrected chi connectivity index (χ1v) is 9.52.